The summed E-state index contributed by atoms with van der Waals surface area (Å²) in [7, 11) is 0. The molecule has 0 unspecified atom stereocenters. The Labute approximate surface area is 115 Å². The summed E-state index contributed by atoms with van der Waals surface area (Å²) in [4.78, 5) is 10.7. The van der Waals surface area contributed by atoms with E-state index in [1.807, 2.05) is 6.07 Å². The van der Waals surface area contributed by atoms with E-state index >= 15 is 0 Å². The van der Waals surface area contributed by atoms with E-state index in [0.29, 0.717) is 17.5 Å². The first-order valence-electron chi connectivity index (χ1n) is 6.11. The molecule has 4 heteroatoms. The minimum atomic E-state index is -4.33. The number of carbonyl (C=O) groups is 1. The van der Waals surface area contributed by atoms with Crippen LogP contribution in [0, 0.1) is 6.92 Å². The summed E-state index contributed by atoms with van der Waals surface area (Å²) in [6.07, 6.45) is -3.15. The standard InChI is InChI=1S/C16H13F3O/c1-11-7-13(5-6-14(11)10-20)8-12-3-2-4-15(9-12)16(17,18)19/h2-7,9-10H,8H2,1H3. The molecule has 0 spiro atoms. The molecule has 0 saturated carbocycles. The average molecular weight is 278 g/mol. The van der Waals surface area contributed by atoms with Crippen LogP contribution in [0.15, 0.2) is 42.5 Å². The van der Waals surface area contributed by atoms with Crippen LogP contribution < -0.4 is 0 Å². The summed E-state index contributed by atoms with van der Waals surface area (Å²) in [5, 5.41) is 0. The van der Waals surface area contributed by atoms with E-state index in [0.717, 1.165) is 29.5 Å². The number of carbonyl (C=O) groups excluding carboxylic acids is 1. The zero-order chi connectivity index (χ0) is 14.8. The molecule has 2 aromatic carbocycles. The number of rotatable bonds is 3. The molecule has 0 aliphatic rings. The van der Waals surface area contributed by atoms with Gasteiger partial charge in [-0.1, -0.05) is 36.4 Å². The molecule has 0 aromatic heterocycles. The van der Waals surface area contributed by atoms with E-state index < -0.39 is 11.7 Å². The summed E-state index contributed by atoms with van der Waals surface area (Å²) in [6, 6.07) is 10.6. The van der Waals surface area contributed by atoms with E-state index in [-0.39, 0.29) is 0 Å². The third-order valence-electron chi connectivity index (χ3n) is 3.12. The van der Waals surface area contributed by atoms with Crippen LogP contribution in [0.2, 0.25) is 0 Å². The van der Waals surface area contributed by atoms with Crippen LogP contribution in [0.3, 0.4) is 0 Å². The predicted octanol–water partition coefficient (Wildman–Crippen LogP) is 4.42. The minimum Gasteiger partial charge on any atom is -0.298 e. The van der Waals surface area contributed by atoms with Gasteiger partial charge in [-0.05, 0) is 36.1 Å². The van der Waals surface area contributed by atoms with Gasteiger partial charge in [-0.15, -0.1) is 0 Å². The summed E-state index contributed by atoms with van der Waals surface area (Å²) in [6.45, 7) is 1.80. The first kappa shape index (κ1) is 14.3. The molecule has 1 nitrogen and oxygen atoms in total. The van der Waals surface area contributed by atoms with Crippen molar-refractivity contribution in [1.29, 1.82) is 0 Å². The number of hydrogen-bond acceptors (Lipinski definition) is 1. The summed E-state index contributed by atoms with van der Waals surface area (Å²) in [5.74, 6) is 0. The number of hydrogen-bond donors (Lipinski definition) is 0. The van der Waals surface area contributed by atoms with Crippen LogP contribution in [-0.4, -0.2) is 6.29 Å². The fourth-order valence-corrected chi connectivity index (χ4v) is 2.07. The highest BCUT2D eigenvalue weighted by Crippen LogP contribution is 2.30. The van der Waals surface area contributed by atoms with Crippen molar-refractivity contribution in [3.8, 4) is 0 Å². The molecule has 0 radical (unpaired) electrons. The Morgan fingerprint density at radius 1 is 1.05 bits per heavy atom. The van der Waals surface area contributed by atoms with Gasteiger partial charge in [0, 0.05) is 5.56 Å². The monoisotopic (exact) mass is 278 g/mol. The highest BCUT2D eigenvalue weighted by molar-refractivity contribution is 5.77. The maximum absolute atomic E-state index is 12.6. The van der Waals surface area contributed by atoms with E-state index in [1.165, 1.54) is 6.07 Å². The van der Waals surface area contributed by atoms with Gasteiger partial charge >= 0.3 is 6.18 Å². The second kappa shape index (κ2) is 5.49. The Bertz CT molecular complexity index is 630. The molecule has 0 N–H and O–H groups in total. The van der Waals surface area contributed by atoms with E-state index in [1.54, 1.807) is 25.1 Å². The lowest BCUT2D eigenvalue weighted by atomic mass is 9.99. The largest absolute Gasteiger partial charge is 0.416 e. The molecule has 0 aliphatic carbocycles. The summed E-state index contributed by atoms with van der Waals surface area (Å²) < 4.78 is 37.9. The molecule has 2 rings (SSSR count). The lowest BCUT2D eigenvalue weighted by Crippen LogP contribution is -2.05. The Morgan fingerprint density at radius 2 is 1.75 bits per heavy atom. The summed E-state index contributed by atoms with van der Waals surface area (Å²) in [5.41, 5.74) is 2.25. The molecule has 0 bridgehead atoms. The third kappa shape index (κ3) is 3.26. The van der Waals surface area contributed by atoms with Crippen molar-refractivity contribution in [2.45, 2.75) is 19.5 Å². The van der Waals surface area contributed by atoms with Gasteiger partial charge in [0.2, 0.25) is 0 Å². The highest BCUT2D eigenvalue weighted by atomic mass is 19.4. The van der Waals surface area contributed by atoms with Crippen molar-refractivity contribution in [3.63, 3.8) is 0 Å². The third-order valence-corrected chi connectivity index (χ3v) is 3.12. The first-order valence-corrected chi connectivity index (χ1v) is 6.11. The van der Waals surface area contributed by atoms with E-state index in [4.69, 9.17) is 0 Å². The smallest absolute Gasteiger partial charge is 0.298 e. The van der Waals surface area contributed by atoms with Crippen LogP contribution in [0.25, 0.3) is 0 Å². The molecule has 0 fully saturated rings. The molecule has 0 amide bonds. The van der Waals surface area contributed by atoms with Crippen molar-refractivity contribution in [2.24, 2.45) is 0 Å². The maximum atomic E-state index is 12.6. The lowest BCUT2D eigenvalue weighted by molar-refractivity contribution is -0.137. The fraction of sp³-hybridized carbons (Fsp3) is 0.188. The molecule has 0 heterocycles. The summed E-state index contributed by atoms with van der Waals surface area (Å²) >= 11 is 0. The molecular formula is C16H13F3O. The van der Waals surface area contributed by atoms with Gasteiger partial charge in [-0.25, -0.2) is 0 Å². The molecule has 104 valence electrons. The van der Waals surface area contributed by atoms with Crippen molar-refractivity contribution >= 4 is 6.29 Å². The number of aryl methyl sites for hydroxylation is 1. The average Bonchev–Trinajstić information content (AvgIpc) is 2.38. The van der Waals surface area contributed by atoms with Crippen molar-refractivity contribution in [3.05, 3.63) is 70.3 Å². The van der Waals surface area contributed by atoms with Crippen LogP contribution in [0.5, 0.6) is 0 Å². The Balaban J connectivity index is 2.26. The Kier molecular flexibility index (Phi) is 3.93. The van der Waals surface area contributed by atoms with Crippen molar-refractivity contribution in [1.82, 2.24) is 0 Å². The van der Waals surface area contributed by atoms with E-state index in [9.17, 15) is 18.0 Å². The molecule has 20 heavy (non-hydrogen) atoms. The zero-order valence-electron chi connectivity index (χ0n) is 10.9. The van der Waals surface area contributed by atoms with Gasteiger partial charge in [0.15, 0.2) is 0 Å². The second-order valence-electron chi connectivity index (χ2n) is 4.68. The van der Waals surface area contributed by atoms with Crippen molar-refractivity contribution < 1.29 is 18.0 Å². The fourth-order valence-electron chi connectivity index (χ4n) is 2.07. The number of benzene rings is 2. The van der Waals surface area contributed by atoms with Crippen LogP contribution in [0.1, 0.15) is 32.6 Å². The molecule has 2 aromatic rings. The first-order chi connectivity index (χ1) is 9.40. The van der Waals surface area contributed by atoms with Gasteiger partial charge in [-0.2, -0.15) is 13.2 Å². The number of alkyl halides is 3. The van der Waals surface area contributed by atoms with Gasteiger partial charge in [0.25, 0.3) is 0 Å². The van der Waals surface area contributed by atoms with Crippen molar-refractivity contribution in [2.75, 3.05) is 0 Å². The topological polar surface area (TPSA) is 17.1 Å². The molecule has 0 saturated heterocycles. The molecule has 0 atom stereocenters. The quantitative estimate of drug-likeness (QED) is 0.760. The maximum Gasteiger partial charge on any atom is 0.416 e. The van der Waals surface area contributed by atoms with Crippen LogP contribution >= 0.6 is 0 Å². The lowest BCUT2D eigenvalue weighted by Gasteiger charge is -2.09. The normalized spacial score (nSPS) is 11.4. The number of aldehydes is 1. The Morgan fingerprint density at radius 3 is 2.35 bits per heavy atom. The van der Waals surface area contributed by atoms with Gasteiger partial charge < -0.3 is 0 Å². The van der Waals surface area contributed by atoms with Crippen LogP contribution in [-0.2, 0) is 12.6 Å². The molecule has 0 aliphatic heterocycles. The highest BCUT2D eigenvalue weighted by Gasteiger charge is 2.30. The van der Waals surface area contributed by atoms with Gasteiger partial charge in [0.1, 0.15) is 6.29 Å². The second-order valence-corrected chi connectivity index (χ2v) is 4.68. The predicted molar refractivity (Wildman–Crippen MR) is 70.8 cm³/mol. The van der Waals surface area contributed by atoms with E-state index in [2.05, 4.69) is 0 Å². The Hall–Kier alpha value is -2.10. The van der Waals surface area contributed by atoms with Crippen LogP contribution in [0.4, 0.5) is 13.2 Å². The number of halogens is 3. The zero-order valence-corrected chi connectivity index (χ0v) is 10.9. The van der Waals surface area contributed by atoms with Gasteiger partial charge in [0.05, 0.1) is 5.56 Å². The van der Waals surface area contributed by atoms with Gasteiger partial charge in [-0.3, -0.25) is 4.79 Å². The molecular weight excluding hydrogens is 265 g/mol. The minimum absolute atomic E-state index is 0.407. The SMILES string of the molecule is Cc1cc(Cc2cccc(C(F)(F)F)c2)ccc1C=O.